The number of amides is 3. The molecule has 0 bridgehead atoms. The molecule has 0 unspecified atom stereocenters. The molecule has 0 radical (unpaired) electrons. The summed E-state index contributed by atoms with van der Waals surface area (Å²) in [7, 11) is 0. The molecule has 4 N–H and O–H groups in total. The van der Waals surface area contributed by atoms with Crippen LogP contribution in [0.3, 0.4) is 0 Å². The third kappa shape index (κ3) is 5.18. The Morgan fingerprint density at radius 3 is 2.71 bits per heavy atom. The van der Waals surface area contributed by atoms with Crippen LogP contribution < -0.4 is 11.1 Å². The van der Waals surface area contributed by atoms with Gasteiger partial charge in [0.05, 0.1) is 17.8 Å². The van der Waals surface area contributed by atoms with E-state index in [1.807, 2.05) is 0 Å². The summed E-state index contributed by atoms with van der Waals surface area (Å²) in [5.74, 6) is -1.31. The van der Waals surface area contributed by atoms with Crippen LogP contribution >= 0.6 is 15.9 Å². The van der Waals surface area contributed by atoms with Gasteiger partial charge in [0.1, 0.15) is 29.2 Å². The van der Waals surface area contributed by atoms with Crippen molar-refractivity contribution < 1.29 is 18.8 Å². The maximum atomic E-state index is 14.5. The minimum atomic E-state index is -1.39. The van der Waals surface area contributed by atoms with Crippen LogP contribution in [0.4, 0.5) is 10.2 Å². The lowest BCUT2D eigenvalue weighted by atomic mass is 10.1. The predicted octanol–water partition coefficient (Wildman–Crippen LogP) is 2.11. The molecule has 3 amide bonds. The fourth-order valence-corrected chi connectivity index (χ4v) is 5.20. The lowest BCUT2D eigenvalue weighted by molar-refractivity contribution is -0.137. The van der Waals surface area contributed by atoms with Crippen molar-refractivity contribution in [2.75, 3.05) is 11.9 Å². The fraction of sp³-hybridized carbons (Fsp3) is 0.192. The third-order valence-corrected chi connectivity index (χ3v) is 7.16. The number of fused-ring (bicyclic) bond motifs is 1. The number of carbonyl (C=O) groups is 3. The van der Waals surface area contributed by atoms with Crippen molar-refractivity contribution in [1.29, 1.82) is 0 Å². The van der Waals surface area contributed by atoms with Crippen molar-refractivity contribution in [2.45, 2.75) is 25.2 Å². The standard InChI is InChI=1S/C26H21BrFN11O3/c27-18-3-1-4-19(32-18)33-26(42)17-10-14(28)11-38(17)20(40)12-39-16-6-5-13(9-15(16)22(36-39)24(29)41)21-23(35-37-34-21)25-30-7-2-8-31-25/h1-9,14,17H,10-12H2,(H2,29,41)(H,32,33,42)(H,34,35,37)/t14-,17+/m1/s1. The van der Waals surface area contributed by atoms with E-state index in [-0.39, 0.29) is 31.0 Å². The molecule has 1 saturated heterocycles. The van der Waals surface area contributed by atoms with Gasteiger partial charge in [0.25, 0.3) is 5.91 Å². The van der Waals surface area contributed by atoms with Gasteiger partial charge in [-0.2, -0.15) is 5.10 Å². The zero-order chi connectivity index (χ0) is 29.4. The van der Waals surface area contributed by atoms with E-state index >= 15 is 0 Å². The van der Waals surface area contributed by atoms with E-state index in [0.717, 1.165) is 0 Å². The van der Waals surface area contributed by atoms with Gasteiger partial charge in [0.2, 0.25) is 11.8 Å². The minimum absolute atomic E-state index is 0.0653. The number of alkyl halides is 1. The summed E-state index contributed by atoms with van der Waals surface area (Å²) < 4.78 is 16.3. The Labute approximate surface area is 244 Å². The summed E-state index contributed by atoms with van der Waals surface area (Å²) in [5, 5.41) is 18.1. The fourth-order valence-electron chi connectivity index (χ4n) is 4.86. The molecule has 4 aromatic heterocycles. The number of nitrogens with two attached hydrogens (primary N) is 1. The van der Waals surface area contributed by atoms with E-state index in [1.54, 1.807) is 54.9 Å². The van der Waals surface area contributed by atoms with Crippen LogP contribution in [0.2, 0.25) is 0 Å². The Hall–Kier alpha value is -5.12. The van der Waals surface area contributed by atoms with E-state index in [4.69, 9.17) is 5.73 Å². The number of H-pyrrole nitrogens is 1. The normalized spacial score (nSPS) is 16.6. The molecule has 0 saturated carbocycles. The second kappa shape index (κ2) is 11.0. The molecular formula is C26H21BrFN11O3. The number of nitrogens with zero attached hydrogens (tertiary/aromatic N) is 8. The maximum absolute atomic E-state index is 14.5. The number of likely N-dealkylation sites (tertiary alicyclic amines) is 1. The first kappa shape index (κ1) is 27.1. The second-order valence-electron chi connectivity index (χ2n) is 9.44. The summed E-state index contributed by atoms with van der Waals surface area (Å²) in [4.78, 5) is 52.5. The predicted molar refractivity (Wildman–Crippen MR) is 150 cm³/mol. The Morgan fingerprint density at radius 1 is 1.14 bits per heavy atom. The highest BCUT2D eigenvalue weighted by Gasteiger charge is 2.40. The summed E-state index contributed by atoms with van der Waals surface area (Å²) in [5.41, 5.74) is 7.49. The Bertz CT molecular complexity index is 1830. The van der Waals surface area contributed by atoms with Gasteiger partial charge in [0, 0.05) is 29.8 Å². The van der Waals surface area contributed by atoms with Gasteiger partial charge < -0.3 is 16.0 Å². The number of primary amides is 1. The first-order valence-corrected chi connectivity index (χ1v) is 13.4. The number of anilines is 1. The van der Waals surface area contributed by atoms with Gasteiger partial charge in [-0.3, -0.25) is 24.2 Å². The molecule has 6 rings (SSSR count). The number of halogens is 2. The average Bonchev–Trinajstić information content (AvgIpc) is 3.70. The summed E-state index contributed by atoms with van der Waals surface area (Å²) >= 11 is 3.24. The van der Waals surface area contributed by atoms with Crippen molar-refractivity contribution in [3.63, 3.8) is 0 Å². The highest BCUT2D eigenvalue weighted by Crippen LogP contribution is 2.30. The van der Waals surface area contributed by atoms with E-state index in [1.165, 1.54) is 9.58 Å². The monoisotopic (exact) mass is 633 g/mol. The van der Waals surface area contributed by atoms with E-state index in [2.05, 4.69) is 56.7 Å². The quantitative estimate of drug-likeness (QED) is 0.225. The molecule has 0 spiro atoms. The highest BCUT2D eigenvalue weighted by atomic mass is 79.9. The molecule has 0 aliphatic carbocycles. The van der Waals surface area contributed by atoms with Crippen molar-refractivity contribution >= 4 is 50.4 Å². The molecule has 1 aliphatic rings. The van der Waals surface area contributed by atoms with Crippen molar-refractivity contribution in [3.8, 4) is 22.8 Å². The van der Waals surface area contributed by atoms with E-state index in [9.17, 15) is 18.8 Å². The summed E-state index contributed by atoms with van der Waals surface area (Å²) in [6, 6.07) is 10.6. The van der Waals surface area contributed by atoms with Crippen molar-refractivity contribution in [1.82, 2.24) is 45.0 Å². The first-order chi connectivity index (χ1) is 20.3. The van der Waals surface area contributed by atoms with Crippen molar-refractivity contribution in [3.05, 3.63) is 65.2 Å². The molecule has 14 nitrogen and oxygen atoms in total. The maximum Gasteiger partial charge on any atom is 0.269 e. The van der Waals surface area contributed by atoms with Gasteiger partial charge in [-0.25, -0.2) is 19.3 Å². The average molecular weight is 634 g/mol. The number of rotatable bonds is 7. The van der Waals surface area contributed by atoms with Crippen LogP contribution in [-0.4, -0.2) is 81.5 Å². The molecule has 2 atom stereocenters. The third-order valence-electron chi connectivity index (χ3n) is 6.72. The molecule has 5 heterocycles. The van der Waals surface area contributed by atoms with Crippen LogP contribution in [0, 0.1) is 0 Å². The number of benzene rings is 1. The van der Waals surface area contributed by atoms with Gasteiger partial charge in [-0.15, -0.1) is 5.10 Å². The topological polar surface area (TPSA) is 191 Å². The van der Waals surface area contributed by atoms with Gasteiger partial charge in [0.15, 0.2) is 17.2 Å². The smallest absolute Gasteiger partial charge is 0.269 e. The van der Waals surface area contributed by atoms with Gasteiger partial charge >= 0.3 is 0 Å². The van der Waals surface area contributed by atoms with Gasteiger partial charge in [-0.05, 0) is 46.3 Å². The lowest BCUT2D eigenvalue weighted by Gasteiger charge is -2.23. The Kier molecular flexibility index (Phi) is 7.12. The Balaban J connectivity index is 1.28. The molecule has 1 fully saturated rings. The van der Waals surface area contributed by atoms with E-state index < -0.39 is 29.9 Å². The molecule has 16 heteroatoms. The van der Waals surface area contributed by atoms with Crippen LogP contribution in [0.15, 0.2) is 59.5 Å². The number of nitrogens with one attached hydrogen (secondary N) is 2. The zero-order valence-electron chi connectivity index (χ0n) is 21.6. The Morgan fingerprint density at radius 2 is 1.95 bits per heavy atom. The number of aromatic amines is 1. The number of pyridine rings is 1. The summed E-state index contributed by atoms with van der Waals surface area (Å²) in [6.45, 7) is -0.616. The molecular weight excluding hydrogens is 613 g/mol. The lowest BCUT2D eigenvalue weighted by Crippen LogP contribution is -2.44. The van der Waals surface area contributed by atoms with Crippen LogP contribution in [0.25, 0.3) is 33.7 Å². The van der Waals surface area contributed by atoms with E-state index in [0.29, 0.717) is 38.3 Å². The number of hydrogen-bond acceptors (Lipinski definition) is 9. The van der Waals surface area contributed by atoms with Crippen LogP contribution in [0.1, 0.15) is 16.9 Å². The number of hydrogen-bond donors (Lipinski definition) is 3. The van der Waals surface area contributed by atoms with Crippen molar-refractivity contribution in [2.24, 2.45) is 5.73 Å². The minimum Gasteiger partial charge on any atom is -0.364 e. The zero-order valence-corrected chi connectivity index (χ0v) is 23.2. The van der Waals surface area contributed by atoms with Crippen LogP contribution in [0.5, 0.6) is 0 Å². The highest BCUT2D eigenvalue weighted by molar-refractivity contribution is 9.10. The summed E-state index contributed by atoms with van der Waals surface area (Å²) in [6.07, 6.45) is 1.61. The second-order valence-corrected chi connectivity index (χ2v) is 10.3. The molecule has 42 heavy (non-hydrogen) atoms. The largest absolute Gasteiger partial charge is 0.364 e. The number of carbonyl (C=O) groups excluding carboxylic acids is 3. The first-order valence-electron chi connectivity index (χ1n) is 12.6. The molecule has 5 aromatic rings. The SMILES string of the molecule is NC(=O)c1nn(CC(=O)N2C[C@H](F)C[C@H]2C(=O)Nc2cccc(Br)n2)c2ccc(-c3[nH]nnc3-c3ncccn3)cc12. The molecule has 1 aliphatic heterocycles. The van der Waals surface area contributed by atoms with Crippen LogP contribution in [-0.2, 0) is 16.1 Å². The van der Waals surface area contributed by atoms with Gasteiger partial charge in [-0.1, -0.05) is 17.3 Å². The molecule has 1 aromatic carbocycles. The number of aromatic nitrogens is 8. The molecule has 212 valence electrons.